The molecule has 0 aliphatic carbocycles. The molecule has 1 N–H and O–H groups in total. The predicted molar refractivity (Wildman–Crippen MR) is 73.4 cm³/mol. The van der Waals surface area contributed by atoms with E-state index in [-0.39, 0.29) is 17.6 Å². The van der Waals surface area contributed by atoms with Gasteiger partial charge in [0.1, 0.15) is 0 Å². The Morgan fingerprint density at radius 2 is 2.06 bits per heavy atom. The van der Waals surface area contributed by atoms with Crippen LogP contribution in [-0.2, 0) is 9.53 Å². The minimum Gasteiger partial charge on any atom is -0.385 e. The monoisotopic (exact) mass is 256 g/mol. The molecule has 4 heteroatoms. The highest BCUT2D eigenvalue weighted by Crippen LogP contribution is 2.25. The molecule has 0 spiro atoms. The van der Waals surface area contributed by atoms with E-state index in [1.54, 1.807) is 7.11 Å². The average molecular weight is 256 g/mol. The molecule has 1 heterocycles. The molecule has 106 valence electrons. The van der Waals surface area contributed by atoms with Crippen molar-refractivity contribution in [3.05, 3.63) is 0 Å². The van der Waals surface area contributed by atoms with E-state index in [1.807, 2.05) is 11.8 Å². The predicted octanol–water partition coefficient (Wildman–Crippen LogP) is 2.14. The van der Waals surface area contributed by atoms with Crippen LogP contribution in [0.5, 0.6) is 0 Å². The Morgan fingerprint density at radius 1 is 1.33 bits per heavy atom. The first-order valence-corrected chi connectivity index (χ1v) is 7.16. The molecule has 0 aromatic rings. The van der Waals surface area contributed by atoms with Crippen molar-refractivity contribution < 1.29 is 9.53 Å². The third-order valence-electron chi connectivity index (χ3n) is 3.94. The molecule has 2 unspecified atom stereocenters. The normalized spacial score (nSPS) is 28.1. The van der Waals surface area contributed by atoms with Crippen molar-refractivity contribution in [1.82, 2.24) is 10.2 Å². The van der Waals surface area contributed by atoms with Crippen LogP contribution < -0.4 is 5.32 Å². The zero-order chi connectivity index (χ0) is 13.6. The number of ether oxygens (including phenoxy) is 1. The number of hydrogen-bond donors (Lipinski definition) is 1. The highest BCUT2D eigenvalue weighted by atomic mass is 16.5. The SMILES string of the molecule is CCC1NC(C)(CC)C(=O)N1CCCCCOC. The van der Waals surface area contributed by atoms with Crippen LogP contribution in [0, 0.1) is 0 Å². The fourth-order valence-electron chi connectivity index (χ4n) is 2.50. The van der Waals surface area contributed by atoms with Crippen molar-refractivity contribution in [1.29, 1.82) is 0 Å². The number of carbonyl (C=O) groups excluding carboxylic acids is 1. The molecular formula is C14H28N2O2. The van der Waals surface area contributed by atoms with Crippen LogP contribution in [-0.4, -0.2) is 42.8 Å². The van der Waals surface area contributed by atoms with Gasteiger partial charge in [-0.25, -0.2) is 0 Å². The third kappa shape index (κ3) is 3.45. The van der Waals surface area contributed by atoms with E-state index in [4.69, 9.17) is 4.74 Å². The van der Waals surface area contributed by atoms with Gasteiger partial charge in [0.15, 0.2) is 0 Å². The van der Waals surface area contributed by atoms with Crippen LogP contribution in [0.4, 0.5) is 0 Å². The van der Waals surface area contributed by atoms with Gasteiger partial charge >= 0.3 is 0 Å². The standard InChI is InChI=1S/C14H28N2O2/c1-5-12-15-14(3,6-2)13(17)16(12)10-8-7-9-11-18-4/h12,15H,5-11H2,1-4H3. The van der Waals surface area contributed by atoms with Gasteiger partial charge in [-0.05, 0) is 39.0 Å². The van der Waals surface area contributed by atoms with E-state index in [0.717, 1.165) is 45.3 Å². The maximum atomic E-state index is 12.4. The molecule has 1 fully saturated rings. The zero-order valence-electron chi connectivity index (χ0n) is 12.3. The Bertz CT molecular complexity index is 271. The number of amides is 1. The summed E-state index contributed by atoms with van der Waals surface area (Å²) in [4.78, 5) is 14.4. The summed E-state index contributed by atoms with van der Waals surface area (Å²) in [5.74, 6) is 0.267. The van der Waals surface area contributed by atoms with Gasteiger partial charge in [0.25, 0.3) is 0 Å². The Morgan fingerprint density at radius 3 is 2.61 bits per heavy atom. The second kappa shape index (κ2) is 7.10. The molecule has 1 aliphatic rings. The second-order valence-corrected chi connectivity index (χ2v) is 5.31. The highest BCUT2D eigenvalue weighted by molar-refractivity contribution is 5.88. The summed E-state index contributed by atoms with van der Waals surface area (Å²) in [7, 11) is 1.73. The van der Waals surface area contributed by atoms with Gasteiger partial charge in [0.2, 0.25) is 5.91 Å². The van der Waals surface area contributed by atoms with Gasteiger partial charge in [-0.15, -0.1) is 0 Å². The minimum absolute atomic E-state index is 0.213. The molecule has 0 saturated carbocycles. The molecule has 1 rings (SSSR count). The molecule has 1 aliphatic heterocycles. The maximum Gasteiger partial charge on any atom is 0.243 e. The molecule has 0 radical (unpaired) electrons. The molecule has 4 nitrogen and oxygen atoms in total. The van der Waals surface area contributed by atoms with E-state index in [0.29, 0.717) is 0 Å². The highest BCUT2D eigenvalue weighted by Gasteiger charge is 2.45. The third-order valence-corrected chi connectivity index (χ3v) is 3.94. The fraction of sp³-hybridized carbons (Fsp3) is 0.929. The summed E-state index contributed by atoms with van der Waals surface area (Å²) in [6.07, 6.45) is 5.30. The molecule has 0 aromatic carbocycles. The van der Waals surface area contributed by atoms with Crippen molar-refractivity contribution in [2.24, 2.45) is 0 Å². The van der Waals surface area contributed by atoms with Crippen LogP contribution >= 0.6 is 0 Å². The molecular weight excluding hydrogens is 228 g/mol. The number of rotatable bonds is 8. The summed E-state index contributed by atoms with van der Waals surface area (Å²) in [6, 6.07) is 0. The summed E-state index contributed by atoms with van der Waals surface area (Å²) in [6.45, 7) is 7.90. The van der Waals surface area contributed by atoms with Crippen molar-refractivity contribution in [2.75, 3.05) is 20.3 Å². The van der Waals surface area contributed by atoms with Crippen LogP contribution in [0.1, 0.15) is 52.9 Å². The molecule has 0 bridgehead atoms. The van der Waals surface area contributed by atoms with Crippen LogP contribution in [0.15, 0.2) is 0 Å². The zero-order valence-corrected chi connectivity index (χ0v) is 12.3. The topological polar surface area (TPSA) is 41.6 Å². The van der Waals surface area contributed by atoms with E-state index in [2.05, 4.69) is 19.2 Å². The molecule has 18 heavy (non-hydrogen) atoms. The van der Waals surface area contributed by atoms with E-state index in [1.165, 1.54) is 0 Å². The first kappa shape index (κ1) is 15.4. The quantitative estimate of drug-likeness (QED) is 0.677. The average Bonchev–Trinajstić information content (AvgIpc) is 2.63. The van der Waals surface area contributed by atoms with Gasteiger partial charge in [-0.1, -0.05) is 13.8 Å². The number of hydrogen-bond acceptors (Lipinski definition) is 3. The first-order valence-electron chi connectivity index (χ1n) is 7.16. The summed E-state index contributed by atoms with van der Waals surface area (Å²) in [5, 5.41) is 3.47. The lowest BCUT2D eigenvalue weighted by molar-refractivity contribution is -0.133. The lowest BCUT2D eigenvalue weighted by atomic mass is 9.99. The van der Waals surface area contributed by atoms with Crippen molar-refractivity contribution in [3.63, 3.8) is 0 Å². The Hall–Kier alpha value is -0.610. The number of unbranched alkanes of at least 4 members (excludes halogenated alkanes) is 2. The van der Waals surface area contributed by atoms with Crippen molar-refractivity contribution in [2.45, 2.75) is 64.6 Å². The maximum absolute atomic E-state index is 12.4. The first-order chi connectivity index (χ1) is 8.59. The van der Waals surface area contributed by atoms with Gasteiger partial charge in [0.05, 0.1) is 11.7 Å². The lowest BCUT2D eigenvalue weighted by Crippen LogP contribution is -2.43. The fourth-order valence-corrected chi connectivity index (χ4v) is 2.50. The molecule has 0 aromatic heterocycles. The van der Waals surface area contributed by atoms with E-state index < -0.39 is 0 Å². The summed E-state index contributed by atoms with van der Waals surface area (Å²) in [5.41, 5.74) is -0.354. The Labute approximate surface area is 111 Å². The Kier molecular flexibility index (Phi) is 6.09. The van der Waals surface area contributed by atoms with Crippen molar-refractivity contribution in [3.8, 4) is 0 Å². The molecule has 1 saturated heterocycles. The second-order valence-electron chi connectivity index (χ2n) is 5.31. The Balaban J connectivity index is 2.45. The lowest BCUT2D eigenvalue weighted by Gasteiger charge is -2.23. The largest absolute Gasteiger partial charge is 0.385 e. The summed E-state index contributed by atoms with van der Waals surface area (Å²) >= 11 is 0. The van der Waals surface area contributed by atoms with E-state index >= 15 is 0 Å². The number of carbonyl (C=O) groups is 1. The van der Waals surface area contributed by atoms with Crippen LogP contribution in [0.25, 0.3) is 0 Å². The number of nitrogens with zero attached hydrogens (tertiary/aromatic N) is 1. The van der Waals surface area contributed by atoms with Gasteiger partial charge in [-0.3, -0.25) is 10.1 Å². The minimum atomic E-state index is -0.354. The number of nitrogens with one attached hydrogen (secondary N) is 1. The molecule has 2 atom stereocenters. The van der Waals surface area contributed by atoms with Gasteiger partial charge in [0, 0.05) is 20.3 Å². The van der Waals surface area contributed by atoms with E-state index in [9.17, 15) is 4.79 Å². The smallest absolute Gasteiger partial charge is 0.243 e. The van der Waals surface area contributed by atoms with Crippen LogP contribution in [0.3, 0.4) is 0 Å². The van der Waals surface area contributed by atoms with Gasteiger partial charge in [-0.2, -0.15) is 0 Å². The van der Waals surface area contributed by atoms with Crippen LogP contribution in [0.2, 0.25) is 0 Å². The number of methoxy groups -OCH3 is 1. The summed E-state index contributed by atoms with van der Waals surface area (Å²) < 4.78 is 5.03. The molecule has 1 amide bonds. The van der Waals surface area contributed by atoms with Gasteiger partial charge < -0.3 is 9.64 Å². The van der Waals surface area contributed by atoms with Crippen molar-refractivity contribution >= 4 is 5.91 Å².